The zero-order valence-electron chi connectivity index (χ0n) is 12.2. The lowest BCUT2D eigenvalue weighted by Gasteiger charge is -2.21. The number of benzene rings is 1. The van der Waals surface area contributed by atoms with Gasteiger partial charge in [-0.1, -0.05) is 24.3 Å². The molecule has 1 aromatic carbocycles. The van der Waals surface area contributed by atoms with E-state index in [-0.39, 0.29) is 17.7 Å². The van der Waals surface area contributed by atoms with Crippen LogP contribution >= 0.6 is 0 Å². The average Bonchev–Trinajstić information content (AvgIpc) is 2.96. The predicted octanol–water partition coefficient (Wildman–Crippen LogP) is 1.03. The van der Waals surface area contributed by atoms with Crippen LogP contribution in [0.2, 0.25) is 0 Å². The van der Waals surface area contributed by atoms with E-state index in [1.54, 1.807) is 10.9 Å². The first-order valence-corrected chi connectivity index (χ1v) is 7.34. The van der Waals surface area contributed by atoms with Crippen LogP contribution in [0.15, 0.2) is 36.7 Å². The fourth-order valence-electron chi connectivity index (χ4n) is 2.71. The second-order valence-corrected chi connectivity index (χ2v) is 5.41. The predicted molar refractivity (Wildman–Crippen MR) is 81.8 cm³/mol. The van der Waals surface area contributed by atoms with Crippen molar-refractivity contribution >= 4 is 11.8 Å². The Balaban J connectivity index is 1.85. The maximum absolute atomic E-state index is 12.0. The highest BCUT2D eigenvalue weighted by Crippen LogP contribution is 2.28. The Bertz CT molecular complexity index is 708. The molecule has 1 aliphatic heterocycles. The molecule has 1 aromatic heterocycles. The summed E-state index contributed by atoms with van der Waals surface area (Å²) in [5, 5.41) is 6.66. The highest BCUT2D eigenvalue weighted by atomic mass is 16.2. The summed E-state index contributed by atoms with van der Waals surface area (Å²) in [5.41, 5.74) is 8.44. The van der Waals surface area contributed by atoms with Crippen LogP contribution in [0.1, 0.15) is 24.3 Å². The van der Waals surface area contributed by atoms with Gasteiger partial charge in [0.2, 0.25) is 11.8 Å². The van der Waals surface area contributed by atoms with Crippen LogP contribution in [0.4, 0.5) is 0 Å². The molecule has 2 aromatic rings. The minimum absolute atomic E-state index is 0.194. The number of rotatable bonds is 4. The summed E-state index contributed by atoms with van der Waals surface area (Å²) in [6, 6.07) is 7.82. The van der Waals surface area contributed by atoms with Gasteiger partial charge in [-0.25, -0.2) is 0 Å². The monoisotopic (exact) mass is 298 g/mol. The molecule has 0 aliphatic carbocycles. The number of amides is 2. The molecular weight excluding hydrogens is 280 g/mol. The molecule has 1 atom stereocenters. The number of piperidine rings is 1. The van der Waals surface area contributed by atoms with Gasteiger partial charge in [0, 0.05) is 24.7 Å². The van der Waals surface area contributed by atoms with E-state index in [0.717, 1.165) is 16.7 Å². The standard InChI is InChI=1S/C16H18N4O2/c17-6-7-20-10-13(9-18-20)11-2-1-3-12(8-11)14-4-5-15(21)19-16(14)22/h1-3,8-10,14H,4-7,17H2,(H,19,21,22). The lowest BCUT2D eigenvalue weighted by molar-refractivity contribution is -0.134. The van der Waals surface area contributed by atoms with Gasteiger partial charge < -0.3 is 5.73 Å². The fraction of sp³-hybridized carbons (Fsp3) is 0.312. The molecular formula is C16H18N4O2. The van der Waals surface area contributed by atoms with Gasteiger partial charge in [0.15, 0.2) is 0 Å². The largest absolute Gasteiger partial charge is 0.329 e. The second-order valence-electron chi connectivity index (χ2n) is 5.41. The highest BCUT2D eigenvalue weighted by molar-refractivity contribution is 6.01. The molecule has 3 rings (SSSR count). The van der Waals surface area contributed by atoms with Crippen molar-refractivity contribution in [3.63, 3.8) is 0 Å². The Morgan fingerprint density at radius 3 is 2.95 bits per heavy atom. The number of aromatic nitrogens is 2. The van der Waals surface area contributed by atoms with Crippen LogP contribution in [-0.4, -0.2) is 28.1 Å². The summed E-state index contributed by atoms with van der Waals surface area (Å²) in [6.45, 7) is 1.21. The maximum atomic E-state index is 12.0. The minimum Gasteiger partial charge on any atom is -0.329 e. The van der Waals surface area contributed by atoms with Crippen molar-refractivity contribution in [3.05, 3.63) is 42.2 Å². The van der Waals surface area contributed by atoms with Crippen molar-refractivity contribution in [3.8, 4) is 11.1 Å². The molecule has 1 fully saturated rings. The Kier molecular flexibility index (Phi) is 4.02. The molecule has 1 saturated heterocycles. The Morgan fingerprint density at radius 1 is 1.32 bits per heavy atom. The Labute approximate surface area is 128 Å². The Morgan fingerprint density at radius 2 is 2.18 bits per heavy atom. The Hall–Kier alpha value is -2.47. The van der Waals surface area contributed by atoms with Crippen molar-refractivity contribution in [2.45, 2.75) is 25.3 Å². The van der Waals surface area contributed by atoms with Crippen molar-refractivity contribution in [2.24, 2.45) is 5.73 Å². The summed E-state index contributed by atoms with van der Waals surface area (Å²) < 4.78 is 1.80. The van der Waals surface area contributed by atoms with Gasteiger partial charge in [0.05, 0.1) is 18.7 Å². The molecule has 0 spiro atoms. The highest BCUT2D eigenvalue weighted by Gasteiger charge is 2.27. The number of hydrogen-bond acceptors (Lipinski definition) is 4. The summed E-state index contributed by atoms with van der Waals surface area (Å²) in [6.07, 6.45) is 4.67. The molecule has 0 radical (unpaired) electrons. The number of nitrogens with one attached hydrogen (secondary N) is 1. The summed E-state index contributed by atoms with van der Waals surface area (Å²) >= 11 is 0. The maximum Gasteiger partial charge on any atom is 0.234 e. The topological polar surface area (TPSA) is 90.0 Å². The molecule has 2 heterocycles. The number of nitrogens with zero attached hydrogens (tertiary/aromatic N) is 2. The van der Waals surface area contributed by atoms with E-state index in [1.807, 2.05) is 30.5 Å². The summed E-state index contributed by atoms with van der Waals surface area (Å²) in [5.74, 6) is -0.676. The molecule has 1 aliphatic rings. The van der Waals surface area contributed by atoms with Crippen LogP contribution in [-0.2, 0) is 16.1 Å². The quantitative estimate of drug-likeness (QED) is 0.825. The first-order chi connectivity index (χ1) is 10.7. The number of carbonyl (C=O) groups excluding carboxylic acids is 2. The fourth-order valence-corrected chi connectivity index (χ4v) is 2.71. The first-order valence-electron chi connectivity index (χ1n) is 7.34. The van der Waals surface area contributed by atoms with Crippen LogP contribution in [0.5, 0.6) is 0 Å². The second kappa shape index (κ2) is 6.11. The third kappa shape index (κ3) is 2.92. The summed E-state index contributed by atoms with van der Waals surface area (Å²) in [4.78, 5) is 23.2. The van der Waals surface area contributed by atoms with Crippen molar-refractivity contribution in [2.75, 3.05) is 6.54 Å². The third-order valence-corrected chi connectivity index (χ3v) is 3.85. The van der Waals surface area contributed by atoms with Crippen LogP contribution in [0.25, 0.3) is 11.1 Å². The lowest BCUT2D eigenvalue weighted by Crippen LogP contribution is -2.39. The smallest absolute Gasteiger partial charge is 0.234 e. The summed E-state index contributed by atoms with van der Waals surface area (Å²) in [7, 11) is 0. The number of hydrogen-bond donors (Lipinski definition) is 2. The molecule has 6 nitrogen and oxygen atoms in total. The van der Waals surface area contributed by atoms with Gasteiger partial charge in [-0.3, -0.25) is 19.6 Å². The van der Waals surface area contributed by atoms with Crippen molar-refractivity contribution < 1.29 is 9.59 Å². The zero-order chi connectivity index (χ0) is 15.5. The molecule has 114 valence electrons. The molecule has 1 unspecified atom stereocenters. The van der Waals surface area contributed by atoms with Crippen molar-refractivity contribution in [1.82, 2.24) is 15.1 Å². The van der Waals surface area contributed by atoms with Gasteiger partial charge in [-0.2, -0.15) is 5.10 Å². The SMILES string of the molecule is NCCn1cc(-c2cccc(C3CCC(=O)NC3=O)c2)cn1. The molecule has 3 N–H and O–H groups in total. The zero-order valence-corrected chi connectivity index (χ0v) is 12.2. The third-order valence-electron chi connectivity index (χ3n) is 3.85. The molecule has 6 heteroatoms. The van der Waals surface area contributed by atoms with E-state index in [9.17, 15) is 9.59 Å². The van der Waals surface area contributed by atoms with Gasteiger partial charge in [-0.05, 0) is 17.5 Å². The van der Waals surface area contributed by atoms with E-state index in [2.05, 4.69) is 10.4 Å². The normalized spacial score (nSPS) is 18.3. The van der Waals surface area contributed by atoms with Crippen LogP contribution < -0.4 is 11.1 Å². The van der Waals surface area contributed by atoms with Gasteiger partial charge in [0.25, 0.3) is 0 Å². The van der Waals surface area contributed by atoms with Gasteiger partial charge in [0.1, 0.15) is 0 Å². The van der Waals surface area contributed by atoms with Gasteiger partial charge >= 0.3 is 0 Å². The van der Waals surface area contributed by atoms with Crippen LogP contribution in [0.3, 0.4) is 0 Å². The molecule has 2 amide bonds. The minimum atomic E-state index is -0.267. The number of carbonyl (C=O) groups is 2. The van der Waals surface area contributed by atoms with E-state index in [0.29, 0.717) is 25.9 Å². The number of imide groups is 1. The van der Waals surface area contributed by atoms with Crippen molar-refractivity contribution in [1.29, 1.82) is 0 Å². The molecule has 0 saturated carbocycles. The molecule has 22 heavy (non-hydrogen) atoms. The first kappa shape index (κ1) is 14.5. The van der Waals surface area contributed by atoms with E-state index < -0.39 is 0 Å². The lowest BCUT2D eigenvalue weighted by atomic mass is 9.89. The van der Waals surface area contributed by atoms with Crippen LogP contribution in [0, 0.1) is 0 Å². The van der Waals surface area contributed by atoms with E-state index >= 15 is 0 Å². The van der Waals surface area contributed by atoms with E-state index in [1.165, 1.54) is 0 Å². The number of nitrogens with two attached hydrogens (primary N) is 1. The van der Waals surface area contributed by atoms with E-state index in [4.69, 9.17) is 5.73 Å². The average molecular weight is 298 g/mol. The van der Waals surface area contributed by atoms with Gasteiger partial charge in [-0.15, -0.1) is 0 Å². The molecule has 0 bridgehead atoms.